The molecule has 64 valence electrons. The first-order valence-electron chi connectivity index (χ1n) is 3.80. The maximum Gasteiger partial charge on any atom is 0.101 e. The topological polar surface area (TPSA) is 23.8 Å². The van der Waals surface area contributed by atoms with Gasteiger partial charge in [-0.15, -0.1) is 11.3 Å². The number of thiophene rings is 1. The van der Waals surface area contributed by atoms with Crippen molar-refractivity contribution in [3.05, 3.63) is 33.7 Å². The van der Waals surface area contributed by atoms with E-state index in [1.807, 2.05) is 24.4 Å². The molecule has 0 N–H and O–H groups in total. The zero-order chi connectivity index (χ0) is 9.42. The van der Waals surface area contributed by atoms with Gasteiger partial charge < -0.3 is 0 Å². The van der Waals surface area contributed by atoms with Gasteiger partial charge in [-0.25, -0.2) is 0 Å². The molecule has 0 fully saturated rings. The minimum absolute atomic E-state index is 0.710. The normalized spacial score (nSPS) is 10.2. The Balaban J connectivity index is 2.91. The van der Waals surface area contributed by atoms with Crippen molar-refractivity contribution in [2.75, 3.05) is 0 Å². The maximum absolute atomic E-state index is 8.80. The average Bonchev–Trinajstić information content (AvgIpc) is 2.55. The summed E-state index contributed by atoms with van der Waals surface area (Å²) in [5, 5.41) is 12.4. The van der Waals surface area contributed by atoms with E-state index < -0.39 is 0 Å². The molecule has 0 bridgehead atoms. The van der Waals surface area contributed by atoms with Crippen LogP contribution in [0.2, 0.25) is 5.02 Å². The van der Waals surface area contributed by atoms with Crippen LogP contribution in [-0.4, -0.2) is 0 Å². The van der Waals surface area contributed by atoms with E-state index in [-0.39, 0.29) is 0 Å². The molecule has 0 saturated carbocycles. The van der Waals surface area contributed by atoms with Crippen LogP contribution in [0.1, 0.15) is 11.1 Å². The first kappa shape index (κ1) is 8.55. The quantitative estimate of drug-likeness (QED) is 0.646. The van der Waals surface area contributed by atoms with Crippen LogP contribution >= 0.6 is 22.9 Å². The predicted molar refractivity (Wildman–Crippen MR) is 56.3 cm³/mol. The van der Waals surface area contributed by atoms with Crippen molar-refractivity contribution in [1.82, 2.24) is 0 Å². The summed E-state index contributed by atoms with van der Waals surface area (Å²) in [6.45, 7) is 1.97. The van der Waals surface area contributed by atoms with Gasteiger partial charge in [-0.2, -0.15) is 5.26 Å². The molecule has 0 aliphatic carbocycles. The van der Waals surface area contributed by atoms with E-state index in [1.165, 1.54) is 11.3 Å². The van der Waals surface area contributed by atoms with Gasteiger partial charge in [0.2, 0.25) is 0 Å². The van der Waals surface area contributed by atoms with Gasteiger partial charge in [-0.1, -0.05) is 23.7 Å². The number of hydrogen-bond acceptors (Lipinski definition) is 2. The molecule has 2 rings (SSSR count). The molecule has 2 aromatic rings. The van der Waals surface area contributed by atoms with Gasteiger partial charge in [-0.05, 0) is 12.5 Å². The van der Waals surface area contributed by atoms with E-state index in [4.69, 9.17) is 16.9 Å². The molecule has 0 amide bonds. The molecule has 0 saturated heterocycles. The fourth-order valence-corrected chi connectivity index (χ4v) is 2.53. The SMILES string of the molecule is Cc1ccc2c(C#N)csc2c1Cl. The van der Waals surface area contributed by atoms with Gasteiger partial charge >= 0.3 is 0 Å². The third-order valence-electron chi connectivity index (χ3n) is 2.00. The number of nitriles is 1. The molecular formula is C10H6ClNS. The minimum Gasteiger partial charge on any atom is -0.192 e. The minimum atomic E-state index is 0.710. The summed E-state index contributed by atoms with van der Waals surface area (Å²) in [4.78, 5) is 0. The van der Waals surface area contributed by atoms with E-state index >= 15 is 0 Å². The zero-order valence-corrected chi connectivity index (χ0v) is 8.54. The van der Waals surface area contributed by atoms with E-state index in [0.717, 1.165) is 20.7 Å². The molecule has 0 atom stereocenters. The van der Waals surface area contributed by atoms with Crippen LogP contribution in [0, 0.1) is 18.3 Å². The van der Waals surface area contributed by atoms with Gasteiger partial charge in [0, 0.05) is 10.8 Å². The molecule has 0 aliphatic rings. The number of hydrogen-bond donors (Lipinski definition) is 0. The largest absolute Gasteiger partial charge is 0.192 e. The molecule has 1 aromatic carbocycles. The first-order chi connectivity index (χ1) is 6.24. The molecule has 0 radical (unpaired) electrons. The third kappa shape index (κ3) is 1.21. The summed E-state index contributed by atoms with van der Waals surface area (Å²) in [6, 6.07) is 6.04. The van der Waals surface area contributed by atoms with Crippen molar-refractivity contribution in [1.29, 1.82) is 5.26 Å². The van der Waals surface area contributed by atoms with Crippen molar-refractivity contribution >= 4 is 33.0 Å². The van der Waals surface area contributed by atoms with Crippen LogP contribution in [0.15, 0.2) is 17.5 Å². The average molecular weight is 208 g/mol. The van der Waals surface area contributed by atoms with Gasteiger partial charge in [0.1, 0.15) is 6.07 Å². The highest BCUT2D eigenvalue weighted by molar-refractivity contribution is 7.18. The summed E-state index contributed by atoms with van der Waals surface area (Å²) in [6.07, 6.45) is 0. The van der Waals surface area contributed by atoms with Crippen LogP contribution in [0.3, 0.4) is 0 Å². The second-order valence-electron chi connectivity index (χ2n) is 2.83. The molecule has 1 aromatic heterocycles. The molecular weight excluding hydrogens is 202 g/mol. The zero-order valence-electron chi connectivity index (χ0n) is 6.97. The fourth-order valence-electron chi connectivity index (χ4n) is 1.25. The lowest BCUT2D eigenvalue weighted by Gasteiger charge is -1.97. The van der Waals surface area contributed by atoms with Crippen molar-refractivity contribution in [2.45, 2.75) is 6.92 Å². The molecule has 1 heterocycles. The van der Waals surface area contributed by atoms with Crippen LogP contribution < -0.4 is 0 Å². The number of nitrogens with zero attached hydrogens (tertiary/aromatic N) is 1. The number of halogens is 1. The molecule has 0 spiro atoms. The number of aryl methyl sites for hydroxylation is 1. The Labute approximate surface area is 85.2 Å². The Kier molecular flexibility index (Phi) is 1.99. The van der Waals surface area contributed by atoms with Crippen LogP contribution in [0.25, 0.3) is 10.1 Å². The van der Waals surface area contributed by atoms with E-state index in [0.29, 0.717) is 5.56 Å². The summed E-state index contributed by atoms with van der Waals surface area (Å²) in [5.41, 5.74) is 1.77. The van der Waals surface area contributed by atoms with Crippen molar-refractivity contribution < 1.29 is 0 Å². The van der Waals surface area contributed by atoms with Gasteiger partial charge in [0.25, 0.3) is 0 Å². The highest BCUT2D eigenvalue weighted by atomic mass is 35.5. The second-order valence-corrected chi connectivity index (χ2v) is 4.09. The molecule has 13 heavy (non-hydrogen) atoms. The number of fused-ring (bicyclic) bond motifs is 1. The van der Waals surface area contributed by atoms with E-state index in [2.05, 4.69) is 6.07 Å². The maximum atomic E-state index is 8.80. The van der Waals surface area contributed by atoms with Crippen molar-refractivity contribution in [2.24, 2.45) is 0 Å². The van der Waals surface area contributed by atoms with Crippen LogP contribution in [0.5, 0.6) is 0 Å². The van der Waals surface area contributed by atoms with Gasteiger partial charge in [0.15, 0.2) is 0 Å². The molecule has 0 unspecified atom stereocenters. The predicted octanol–water partition coefficient (Wildman–Crippen LogP) is 3.73. The molecule has 3 heteroatoms. The van der Waals surface area contributed by atoms with Crippen LogP contribution in [-0.2, 0) is 0 Å². The monoisotopic (exact) mass is 207 g/mol. The van der Waals surface area contributed by atoms with Gasteiger partial charge in [-0.3, -0.25) is 0 Å². The Morgan fingerprint density at radius 1 is 1.46 bits per heavy atom. The van der Waals surface area contributed by atoms with Crippen molar-refractivity contribution in [3.8, 4) is 6.07 Å². The second kappa shape index (κ2) is 3.02. The summed E-state index contributed by atoms with van der Waals surface area (Å²) in [7, 11) is 0. The highest BCUT2D eigenvalue weighted by Crippen LogP contribution is 2.33. The van der Waals surface area contributed by atoms with E-state index in [1.54, 1.807) is 0 Å². The Bertz CT molecular complexity index is 507. The number of benzene rings is 1. The highest BCUT2D eigenvalue weighted by Gasteiger charge is 2.07. The molecule has 1 nitrogen and oxygen atoms in total. The Morgan fingerprint density at radius 3 is 2.92 bits per heavy atom. The van der Waals surface area contributed by atoms with Gasteiger partial charge in [0.05, 0.1) is 15.3 Å². The van der Waals surface area contributed by atoms with E-state index in [9.17, 15) is 0 Å². The first-order valence-corrected chi connectivity index (χ1v) is 5.06. The summed E-state index contributed by atoms with van der Waals surface area (Å²) >= 11 is 7.62. The smallest absolute Gasteiger partial charge is 0.101 e. The third-order valence-corrected chi connectivity index (χ3v) is 3.61. The fraction of sp³-hybridized carbons (Fsp3) is 0.100. The summed E-state index contributed by atoms with van der Waals surface area (Å²) in [5.74, 6) is 0. The number of rotatable bonds is 0. The molecule has 0 aliphatic heterocycles. The lowest BCUT2D eigenvalue weighted by Crippen LogP contribution is -1.75. The summed E-state index contributed by atoms with van der Waals surface area (Å²) < 4.78 is 1.01. The standard InChI is InChI=1S/C10H6ClNS/c1-6-2-3-8-7(4-12)5-13-10(8)9(6)11/h2-3,5H,1H3. The lowest BCUT2D eigenvalue weighted by molar-refractivity contribution is 1.50. The Morgan fingerprint density at radius 2 is 2.23 bits per heavy atom. The lowest BCUT2D eigenvalue weighted by atomic mass is 10.1. The van der Waals surface area contributed by atoms with Crippen molar-refractivity contribution in [3.63, 3.8) is 0 Å². The Hall–Kier alpha value is -1.04. The van der Waals surface area contributed by atoms with Crippen LogP contribution in [0.4, 0.5) is 0 Å².